The second kappa shape index (κ2) is 6.47. The summed E-state index contributed by atoms with van der Waals surface area (Å²) in [5, 5.41) is 0. The largest absolute Gasteiger partial charge is 0.465 e. The molecule has 0 heterocycles. The van der Waals surface area contributed by atoms with Gasteiger partial charge in [0.25, 0.3) is 0 Å². The lowest BCUT2D eigenvalue weighted by atomic mass is 10.2. The first-order chi connectivity index (χ1) is 8.34. The summed E-state index contributed by atoms with van der Waals surface area (Å²) >= 11 is 3.92. The average Bonchev–Trinajstić information content (AvgIpc) is 2.25. The van der Waals surface area contributed by atoms with Gasteiger partial charge in [0.2, 0.25) is 0 Å². The van der Waals surface area contributed by atoms with E-state index in [9.17, 15) is 18.0 Å². The number of thioether (sulfide) groups is 1. The highest BCUT2D eigenvalue weighted by Gasteiger charge is 2.33. The van der Waals surface area contributed by atoms with Crippen molar-refractivity contribution in [2.45, 2.75) is 18.0 Å². The molecule has 7 heteroatoms. The molecule has 1 rings (SSSR count). The molecule has 0 aromatic heterocycles. The van der Waals surface area contributed by atoms with Crippen molar-refractivity contribution in [2.75, 3.05) is 12.4 Å². The summed E-state index contributed by atoms with van der Waals surface area (Å²) in [5.41, 5.74) is -0.750. The second-order valence-corrected chi connectivity index (χ2v) is 5.16. The minimum atomic E-state index is -4.43. The number of rotatable bonds is 4. The van der Waals surface area contributed by atoms with Crippen molar-refractivity contribution in [2.24, 2.45) is 0 Å². The van der Waals surface area contributed by atoms with Crippen molar-refractivity contribution in [3.63, 3.8) is 0 Å². The maximum Gasteiger partial charge on any atom is 0.417 e. The van der Waals surface area contributed by atoms with Crippen LogP contribution in [-0.4, -0.2) is 18.3 Å². The van der Waals surface area contributed by atoms with Crippen molar-refractivity contribution in [3.05, 3.63) is 28.2 Å². The Kier molecular flexibility index (Phi) is 5.52. The van der Waals surface area contributed by atoms with Gasteiger partial charge in [-0.15, -0.1) is 11.8 Å². The fourth-order valence-electron chi connectivity index (χ4n) is 1.19. The van der Waals surface area contributed by atoms with Crippen LogP contribution < -0.4 is 0 Å². The lowest BCUT2D eigenvalue weighted by molar-refractivity contribution is -0.141. The molecule has 100 valence electrons. The Balaban J connectivity index is 2.86. The summed E-state index contributed by atoms with van der Waals surface area (Å²) in [6.07, 6.45) is -4.43. The van der Waals surface area contributed by atoms with E-state index in [1.807, 2.05) is 0 Å². The van der Waals surface area contributed by atoms with Crippen LogP contribution in [0.5, 0.6) is 0 Å². The van der Waals surface area contributed by atoms with E-state index in [0.29, 0.717) is 4.47 Å². The molecular weight excluding hydrogens is 333 g/mol. The van der Waals surface area contributed by atoms with Gasteiger partial charge >= 0.3 is 12.1 Å². The van der Waals surface area contributed by atoms with Crippen LogP contribution in [-0.2, 0) is 15.7 Å². The highest BCUT2D eigenvalue weighted by atomic mass is 79.9. The standard InChI is InChI=1S/C11H10BrF3O2S/c1-2-17-10(16)6-18-9-5-7(12)3-4-8(9)11(13,14)15/h3-5H,2,6H2,1H3. The van der Waals surface area contributed by atoms with E-state index in [0.717, 1.165) is 17.8 Å². The summed E-state index contributed by atoms with van der Waals surface area (Å²) < 4.78 is 43.3. The molecule has 0 aliphatic rings. The summed E-state index contributed by atoms with van der Waals surface area (Å²) in [5.74, 6) is -0.677. The van der Waals surface area contributed by atoms with Crippen LogP contribution in [0.25, 0.3) is 0 Å². The van der Waals surface area contributed by atoms with Crippen molar-refractivity contribution in [1.29, 1.82) is 0 Å². The highest BCUT2D eigenvalue weighted by molar-refractivity contribution is 9.10. The molecule has 0 aliphatic heterocycles. The third-order valence-electron chi connectivity index (χ3n) is 1.90. The van der Waals surface area contributed by atoms with Gasteiger partial charge in [-0.2, -0.15) is 13.2 Å². The number of alkyl halides is 3. The molecule has 0 spiro atoms. The lowest BCUT2D eigenvalue weighted by Gasteiger charge is -2.12. The molecule has 2 nitrogen and oxygen atoms in total. The topological polar surface area (TPSA) is 26.3 Å². The first-order valence-electron chi connectivity index (χ1n) is 4.99. The predicted octanol–water partition coefficient (Wildman–Crippen LogP) is 4.12. The maximum atomic E-state index is 12.7. The van der Waals surface area contributed by atoms with Crippen LogP contribution in [0.2, 0.25) is 0 Å². The molecule has 0 amide bonds. The van der Waals surface area contributed by atoms with Gasteiger partial charge in [-0.1, -0.05) is 15.9 Å². The van der Waals surface area contributed by atoms with Gasteiger partial charge in [0.15, 0.2) is 0 Å². The molecule has 1 aromatic carbocycles. The minimum absolute atomic E-state index is 0.00456. The lowest BCUT2D eigenvalue weighted by Crippen LogP contribution is -2.09. The number of carbonyl (C=O) groups is 1. The van der Waals surface area contributed by atoms with Gasteiger partial charge in [-0.05, 0) is 25.1 Å². The Hall–Kier alpha value is -0.690. The number of hydrogen-bond acceptors (Lipinski definition) is 3. The number of esters is 1. The maximum absolute atomic E-state index is 12.7. The Morgan fingerprint density at radius 3 is 2.67 bits per heavy atom. The average molecular weight is 343 g/mol. The number of halogens is 4. The number of hydrogen-bond donors (Lipinski definition) is 0. The Bertz CT molecular complexity index is 435. The monoisotopic (exact) mass is 342 g/mol. The van der Waals surface area contributed by atoms with Gasteiger partial charge < -0.3 is 4.74 Å². The molecule has 0 fully saturated rings. The predicted molar refractivity (Wildman–Crippen MR) is 66.5 cm³/mol. The van der Waals surface area contributed by atoms with E-state index in [-0.39, 0.29) is 17.3 Å². The normalized spacial score (nSPS) is 11.4. The smallest absolute Gasteiger partial charge is 0.417 e. The van der Waals surface area contributed by atoms with Gasteiger partial charge in [0, 0.05) is 9.37 Å². The molecule has 0 N–H and O–H groups in total. The first kappa shape index (κ1) is 15.4. The summed E-state index contributed by atoms with van der Waals surface area (Å²) in [6.45, 7) is 1.85. The van der Waals surface area contributed by atoms with Crippen LogP contribution in [0.1, 0.15) is 12.5 Å². The quantitative estimate of drug-likeness (QED) is 0.608. The second-order valence-electron chi connectivity index (χ2n) is 3.23. The van der Waals surface area contributed by atoms with Crippen molar-refractivity contribution >= 4 is 33.7 Å². The van der Waals surface area contributed by atoms with Gasteiger partial charge in [0.05, 0.1) is 17.9 Å². The van der Waals surface area contributed by atoms with Crippen LogP contribution >= 0.6 is 27.7 Å². The molecule has 0 radical (unpaired) electrons. The highest BCUT2D eigenvalue weighted by Crippen LogP contribution is 2.38. The molecule has 1 aromatic rings. The van der Waals surface area contributed by atoms with Crippen LogP contribution in [0.3, 0.4) is 0 Å². The fraction of sp³-hybridized carbons (Fsp3) is 0.364. The Labute approximate surface area is 115 Å². The number of carbonyl (C=O) groups excluding carboxylic acids is 1. The van der Waals surface area contributed by atoms with Gasteiger partial charge in [-0.25, -0.2) is 0 Å². The van der Waals surface area contributed by atoms with E-state index in [1.165, 1.54) is 12.1 Å². The SMILES string of the molecule is CCOC(=O)CSc1cc(Br)ccc1C(F)(F)F. The molecule has 0 unspecified atom stereocenters. The Morgan fingerprint density at radius 1 is 1.44 bits per heavy atom. The molecule has 0 atom stereocenters. The summed E-state index contributed by atoms with van der Waals surface area (Å²) in [4.78, 5) is 11.1. The molecule has 0 aliphatic carbocycles. The third-order valence-corrected chi connectivity index (χ3v) is 3.42. The number of benzene rings is 1. The van der Waals surface area contributed by atoms with E-state index in [4.69, 9.17) is 0 Å². The zero-order chi connectivity index (χ0) is 13.8. The van der Waals surface area contributed by atoms with Gasteiger partial charge in [-0.3, -0.25) is 4.79 Å². The van der Waals surface area contributed by atoms with E-state index >= 15 is 0 Å². The van der Waals surface area contributed by atoms with Crippen LogP contribution in [0.15, 0.2) is 27.6 Å². The zero-order valence-corrected chi connectivity index (χ0v) is 11.8. The van der Waals surface area contributed by atoms with E-state index < -0.39 is 17.7 Å². The van der Waals surface area contributed by atoms with Crippen molar-refractivity contribution < 1.29 is 22.7 Å². The number of ether oxygens (including phenoxy) is 1. The molecule has 0 saturated carbocycles. The molecule has 0 saturated heterocycles. The van der Waals surface area contributed by atoms with Crippen molar-refractivity contribution in [3.8, 4) is 0 Å². The summed E-state index contributed by atoms with van der Waals surface area (Å²) in [7, 11) is 0. The molecular formula is C11H10BrF3O2S. The van der Waals surface area contributed by atoms with Crippen molar-refractivity contribution in [1.82, 2.24) is 0 Å². The van der Waals surface area contributed by atoms with Gasteiger partial charge in [0.1, 0.15) is 0 Å². The van der Waals surface area contributed by atoms with Crippen LogP contribution in [0, 0.1) is 0 Å². The Morgan fingerprint density at radius 2 is 2.11 bits per heavy atom. The van der Waals surface area contributed by atoms with E-state index in [1.54, 1.807) is 6.92 Å². The summed E-state index contributed by atoms with van der Waals surface area (Å²) in [6, 6.07) is 3.64. The third kappa shape index (κ3) is 4.53. The zero-order valence-electron chi connectivity index (χ0n) is 9.38. The first-order valence-corrected chi connectivity index (χ1v) is 6.77. The fourth-order valence-corrected chi connectivity index (χ4v) is 2.61. The molecule has 0 bridgehead atoms. The minimum Gasteiger partial charge on any atom is -0.465 e. The van der Waals surface area contributed by atoms with Crippen LogP contribution in [0.4, 0.5) is 13.2 Å². The molecule has 18 heavy (non-hydrogen) atoms. The van der Waals surface area contributed by atoms with E-state index in [2.05, 4.69) is 20.7 Å².